The van der Waals surface area contributed by atoms with Crippen LogP contribution in [0.2, 0.25) is 0 Å². The molecule has 1 aromatic heterocycles. The second kappa shape index (κ2) is 5.26. The maximum atomic E-state index is 11.6. The van der Waals surface area contributed by atoms with Crippen molar-refractivity contribution in [3.8, 4) is 0 Å². The van der Waals surface area contributed by atoms with E-state index in [-0.39, 0.29) is 25.6 Å². The molecule has 7 nitrogen and oxygen atoms in total. The van der Waals surface area contributed by atoms with E-state index in [0.717, 1.165) is 4.90 Å². The Morgan fingerprint density at radius 3 is 2.72 bits per heavy atom. The van der Waals surface area contributed by atoms with E-state index in [0.29, 0.717) is 5.56 Å². The number of nitrogens with one attached hydrogen (secondary N) is 1. The van der Waals surface area contributed by atoms with Gasteiger partial charge in [-0.3, -0.25) is 14.6 Å². The van der Waals surface area contributed by atoms with Crippen molar-refractivity contribution in [2.45, 2.75) is 0 Å². The summed E-state index contributed by atoms with van der Waals surface area (Å²) in [6.45, 7) is 0.0631. The molecule has 0 radical (unpaired) electrons. The van der Waals surface area contributed by atoms with E-state index in [4.69, 9.17) is 0 Å². The minimum atomic E-state index is -0.668. The summed E-state index contributed by atoms with van der Waals surface area (Å²) in [5, 5.41) is 2.60. The molecule has 1 aliphatic rings. The van der Waals surface area contributed by atoms with Crippen LogP contribution in [0.25, 0.3) is 0 Å². The number of aromatic nitrogens is 1. The van der Waals surface area contributed by atoms with Crippen LogP contribution in [0.1, 0.15) is 10.4 Å². The molecule has 2 heterocycles. The molecule has 0 unspecified atom stereocenters. The summed E-state index contributed by atoms with van der Waals surface area (Å²) >= 11 is 0. The van der Waals surface area contributed by atoms with Gasteiger partial charge in [-0.1, -0.05) is 0 Å². The first-order valence-corrected chi connectivity index (χ1v) is 5.34. The van der Waals surface area contributed by atoms with Gasteiger partial charge < -0.3 is 10.1 Å². The predicted molar refractivity (Wildman–Crippen MR) is 59.6 cm³/mol. The van der Waals surface area contributed by atoms with E-state index in [1.807, 2.05) is 0 Å². The number of hydrogen-bond acceptors (Lipinski definition) is 5. The molecule has 7 heteroatoms. The van der Waals surface area contributed by atoms with E-state index in [2.05, 4.69) is 15.0 Å². The second-order valence-electron chi connectivity index (χ2n) is 3.59. The monoisotopic (exact) mass is 249 g/mol. The van der Waals surface area contributed by atoms with Crippen molar-refractivity contribution in [1.82, 2.24) is 15.2 Å². The number of imide groups is 1. The summed E-state index contributed by atoms with van der Waals surface area (Å²) in [7, 11) is 0. The summed E-state index contributed by atoms with van der Waals surface area (Å²) in [4.78, 5) is 38.7. The molecule has 0 atom stereocenters. The number of ether oxygens (including phenoxy) is 1. The van der Waals surface area contributed by atoms with Crippen molar-refractivity contribution in [2.24, 2.45) is 0 Å². The van der Waals surface area contributed by atoms with Gasteiger partial charge in [0.05, 0.1) is 0 Å². The van der Waals surface area contributed by atoms with Crippen LogP contribution in [0, 0.1) is 0 Å². The smallest absolute Gasteiger partial charge is 0.417 e. The zero-order valence-corrected chi connectivity index (χ0v) is 9.46. The Labute approximate surface area is 103 Å². The molecular weight excluding hydrogens is 238 g/mol. The van der Waals surface area contributed by atoms with Crippen molar-refractivity contribution in [3.63, 3.8) is 0 Å². The zero-order valence-electron chi connectivity index (χ0n) is 9.46. The van der Waals surface area contributed by atoms with Gasteiger partial charge in [0.15, 0.2) is 6.61 Å². The molecule has 3 amide bonds. The van der Waals surface area contributed by atoms with Crippen LogP contribution in [0.15, 0.2) is 24.5 Å². The van der Waals surface area contributed by atoms with Gasteiger partial charge in [0, 0.05) is 31.0 Å². The Hall–Kier alpha value is -2.44. The highest BCUT2D eigenvalue weighted by molar-refractivity contribution is 5.98. The molecule has 1 saturated heterocycles. The molecule has 0 aliphatic carbocycles. The van der Waals surface area contributed by atoms with Crippen LogP contribution in [-0.2, 0) is 9.53 Å². The van der Waals surface area contributed by atoms with Crippen LogP contribution < -0.4 is 5.32 Å². The lowest BCUT2D eigenvalue weighted by molar-refractivity contribution is -0.125. The van der Waals surface area contributed by atoms with Crippen LogP contribution in [0.3, 0.4) is 0 Å². The largest absolute Gasteiger partial charge is 0.439 e. The Morgan fingerprint density at radius 1 is 1.39 bits per heavy atom. The molecule has 1 aromatic rings. The average molecular weight is 249 g/mol. The van der Waals surface area contributed by atoms with Gasteiger partial charge in [-0.2, -0.15) is 0 Å². The first kappa shape index (κ1) is 12.0. The van der Waals surface area contributed by atoms with Crippen molar-refractivity contribution in [1.29, 1.82) is 0 Å². The quantitative estimate of drug-likeness (QED) is 0.797. The van der Waals surface area contributed by atoms with Crippen molar-refractivity contribution >= 4 is 17.9 Å². The third-order valence-corrected chi connectivity index (χ3v) is 2.40. The molecule has 0 spiro atoms. The topological polar surface area (TPSA) is 88.6 Å². The van der Waals surface area contributed by atoms with Crippen LogP contribution >= 0.6 is 0 Å². The van der Waals surface area contributed by atoms with Crippen LogP contribution in [-0.4, -0.2) is 47.5 Å². The number of carbonyl (C=O) groups is 3. The first-order valence-electron chi connectivity index (χ1n) is 5.34. The molecular formula is C11H11N3O4. The standard InChI is InChI=1S/C11H11N3O4/c15-9-7-18-11(17)14(9)6-5-13-10(16)8-1-3-12-4-2-8/h1-4H,5-7H2,(H,13,16). The van der Waals surface area contributed by atoms with Crippen LogP contribution in [0.5, 0.6) is 0 Å². The molecule has 1 N–H and O–H groups in total. The normalized spacial score (nSPS) is 14.6. The Kier molecular flexibility index (Phi) is 3.52. The van der Waals surface area contributed by atoms with Gasteiger partial charge in [-0.15, -0.1) is 0 Å². The van der Waals surface area contributed by atoms with Crippen LogP contribution in [0.4, 0.5) is 4.79 Å². The minimum absolute atomic E-state index is 0.106. The van der Waals surface area contributed by atoms with Gasteiger partial charge >= 0.3 is 6.09 Å². The number of pyridine rings is 1. The highest BCUT2D eigenvalue weighted by atomic mass is 16.6. The molecule has 0 aromatic carbocycles. The lowest BCUT2D eigenvalue weighted by atomic mass is 10.2. The number of cyclic esters (lactones) is 1. The molecule has 94 valence electrons. The zero-order chi connectivity index (χ0) is 13.0. The average Bonchev–Trinajstić information content (AvgIpc) is 2.71. The van der Waals surface area contributed by atoms with Gasteiger partial charge in [0.25, 0.3) is 11.8 Å². The lowest BCUT2D eigenvalue weighted by Gasteiger charge is -2.11. The Balaban J connectivity index is 1.81. The van der Waals surface area contributed by atoms with E-state index >= 15 is 0 Å². The lowest BCUT2D eigenvalue weighted by Crippen LogP contribution is -2.37. The second-order valence-corrected chi connectivity index (χ2v) is 3.59. The van der Waals surface area contributed by atoms with Gasteiger partial charge in [0.1, 0.15) is 0 Å². The number of amides is 3. The highest BCUT2D eigenvalue weighted by Gasteiger charge is 2.30. The maximum absolute atomic E-state index is 11.6. The van der Waals surface area contributed by atoms with Crippen molar-refractivity contribution in [3.05, 3.63) is 30.1 Å². The fourth-order valence-electron chi connectivity index (χ4n) is 1.48. The van der Waals surface area contributed by atoms with E-state index in [9.17, 15) is 14.4 Å². The molecule has 1 aliphatic heterocycles. The van der Waals surface area contributed by atoms with Gasteiger partial charge in [0.2, 0.25) is 0 Å². The number of rotatable bonds is 4. The summed E-state index contributed by atoms with van der Waals surface area (Å²) in [5.41, 5.74) is 0.473. The molecule has 0 bridgehead atoms. The van der Waals surface area contributed by atoms with Gasteiger partial charge in [-0.25, -0.2) is 9.69 Å². The summed E-state index contributed by atoms with van der Waals surface area (Å²) in [5.74, 6) is -0.671. The summed E-state index contributed by atoms with van der Waals surface area (Å²) in [6, 6.07) is 3.15. The number of hydrogen-bond donors (Lipinski definition) is 1. The molecule has 0 saturated carbocycles. The molecule has 2 rings (SSSR count). The summed E-state index contributed by atoms with van der Waals surface area (Å²) in [6.07, 6.45) is 2.35. The van der Waals surface area contributed by atoms with Gasteiger partial charge in [-0.05, 0) is 12.1 Å². The van der Waals surface area contributed by atoms with Crippen molar-refractivity contribution in [2.75, 3.05) is 19.7 Å². The number of nitrogens with zero attached hydrogens (tertiary/aromatic N) is 2. The summed E-state index contributed by atoms with van der Waals surface area (Å²) < 4.78 is 4.54. The van der Waals surface area contributed by atoms with Crippen molar-refractivity contribution < 1.29 is 19.1 Å². The first-order chi connectivity index (χ1) is 8.68. The molecule has 1 fully saturated rings. The SMILES string of the molecule is O=C(NCCN1C(=O)COC1=O)c1ccncc1. The van der Waals surface area contributed by atoms with E-state index < -0.39 is 12.0 Å². The Bertz CT molecular complexity index is 458. The van der Waals surface area contributed by atoms with E-state index in [1.165, 1.54) is 12.4 Å². The predicted octanol–water partition coefficient (Wildman–Crippen LogP) is -0.210. The fourth-order valence-corrected chi connectivity index (χ4v) is 1.48. The minimum Gasteiger partial charge on any atom is -0.439 e. The highest BCUT2D eigenvalue weighted by Crippen LogP contribution is 2.03. The molecule has 18 heavy (non-hydrogen) atoms. The third kappa shape index (κ3) is 2.62. The van der Waals surface area contributed by atoms with E-state index in [1.54, 1.807) is 12.1 Å². The third-order valence-electron chi connectivity index (χ3n) is 2.40. The number of carbonyl (C=O) groups excluding carboxylic acids is 3. The maximum Gasteiger partial charge on any atom is 0.417 e. The Morgan fingerprint density at radius 2 is 2.11 bits per heavy atom. The fraction of sp³-hybridized carbons (Fsp3) is 0.273.